The summed E-state index contributed by atoms with van der Waals surface area (Å²) in [5.41, 5.74) is 3.17. The second kappa shape index (κ2) is 7.79. The molecule has 1 aliphatic heterocycles. The average molecular weight is 372 g/mol. The van der Waals surface area contributed by atoms with Crippen molar-refractivity contribution in [3.63, 3.8) is 0 Å². The van der Waals surface area contributed by atoms with Crippen LogP contribution in [0.3, 0.4) is 0 Å². The molecule has 1 aromatic carbocycles. The van der Waals surface area contributed by atoms with Crippen molar-refractivity contribution >= 4 is 5.91 Å². The Kier molecular flexibility index (Phi) is 5.43. The lowest BCUT2D eigenvalue weighted by Gasteiger charge is -2.40. The Hall–Kier alpha value is -3.24. The Morgan fingerprint density at radius 3 is 2.64 bits per heavy atom. The Balaban J connectivity index is 1.74. The maximum absolute atomic E-state index is 12.9. The van der Waals surface area contributed by atoms with E-state index in [1.54, 1.807) is 12.1 Å². The van der Waals surface area contributed by atoms with E-state index >= 15 is 0 Å². The highest BCUT2D eigenvalue weighted by Crippen LogP contribution is 2.35. The fourth-order valence-corrected chi connectivity index (χ4v) is 3.58. The molecule has 142 valence electrons. The van der Waals surface area contributed by atoms with Crippen LogP contribution in [-0.4, -0.2) is 23.9 Å². The van der Waals surface area contributed by atoms with E-state index in [1.807, 2.05) is 43.0 Å². The number of hydrogen-bond acceptors (Lipinski definition) is 3. The lowest BCUT2D eigenvalue weighted by atomic mass is 9.78. The number of carbonyl (C=O) groups excluding carboxylic acids is 1. The van der Waals surface area contributed by atoms with Gasteiger partial charge in [0, 0.05) is 24.1 Å². The van der Waals surface area contributed by atoms with Gasteiger partial charge in [-0.05, 0) is 50.6 Å². The number of nitriles is 1. The molecular weight excluding hydrogens is 348 g/mol. The Labute approximate surface area is 166 Å². The first-order valence-electron chi connectivity index (χ1n) is 9.38. The van der Waals surface area contributed by atoms with Gasteiger partial charge in [-0.2, -0.15) is 5.26 Å². The number of nitrogens with zero attached hydrogens (tertiary/aromatic N) is 2. The predicted molar refractivity (Wildman–Crippen MR) is 109 cm³/mol. The van der Waals surface area contributed by atoms with Crippen molar-refractivity contribution in [1.82, 2.24) is 4.90 Å². The Bertz CT molecular complexity index is 1040. The van der Waals surface area contributed by atoms with E-state index in [-0.39, 0.29) is 11.3 Å². The molecule has 0 unspecified atom stereocenters. The molecule has 2 heterocycles. The van der Waals surface area contributed by atoms with Crippen molar-refractivity contribution in [2.24, 2.45) is 5.41 Å². The van der Waals surface area contributed by atoms with Gasteiger partial charge in [0.25, 0.3) is 5.91 Å². The highest BCUT2D eigenvalue weighted by Gasteiger charge is 2.34. The highest BCUT2D eigenvalue weighted by atomic mass is 16.3. The lowest BCUT2D eigenvalue weighted by molar-refractivity contribution is 0.0661. The third-order valence-corrected chi connectivity index (χ3v) is 5.12. The molecule has 0 radical (unpaired) electrons. The van der Waals surface area contributed by atoms with Crippen LogP contribution in [0.4, 0.5) is 0 Å². The van der Waals surface area contributed by atoms with E-state index in [1.165, 1.54) is 5.57 Å². The zero-order valence-corrected chi connectivity index (χ0v) is 16.8. The van der Waals surface area contributed by atoms with E-state index in [2.05, 4.69) is 31.8 Å². The van der Waals surface area contributed by atoms with Crippen LogP contribution >= 0.6 is 0 Å². The standard InChI is InChI=1S/C24H24N2O2/c1-17-13-22(18(2)28-17)23(27)26-12-11-21(24(3,4)16-26)10-6-8-19-7-5-9-20(14-19)15-25/h5,7,9-10,13-14H,11-12,16H2,1-4H3/b21-10+. The average Bonchev–Trinajstić information content (AvgIpc) is 3.00. The second-order valence-corrected chi connectivity index (χ2v) is 7.82. The first kappa shape index (κ1) is 19.5. The smallest absolute Gasteiger partial charge is 0.257 e. The van der Waals surface area contributed by atoms with Crippen LogP contribution in [0.5, 0.6) is 0 Å². The Morgan fingerprint density at radius 1 is 1.25 bits per heavy atom. The molecule has 0 spiro atoms. The Morgan fingerprint density at radius 2 is 2.00 bits per heavy atom. The van der Waals surface area contributed by atoms with Crippen LogP contribution in [0, 0.1) is 42.4 Å². The van der Waals surface area contributed by atoms with Gasteiger partial charge < -0.3 is 9.32 Å². The largest absolute Gasteiger partial charge is 0.466 e. The number of likely N-dealkylation sites (tertiary alicyclic amines) is 1. The molecule has 4 heteroatoms. The molecule has 1 aromatic heterocycles. The number of piperidine rings is 1. The molecule has 28 heavy (non-hydrogen) atoms. The molecule has 4 nitrogen and oxygen atoms in total. The summed E-state index contributed by atoms with van der Waals surface area (Å²) in [5.74, 6) is 7.69. The monoisotopic (exact) mass is 372 g/mol. The molecule has 0 N–H and O–H groups in total. The molecule has 3 rings (SSSR count). The van der Waals surface area contributed by atoms with Gasteiger partial charge >= 0.3 is 0 Å². The van der Waals surface area contributed by atoms with E-state index < -0.39 is 0 Å². The summed E-state index contributed by atoms with van der Waals surface area (Å²) in [6.07, 6.45) is 2.76. The number of hydrogen-bond donors (Lipinski definition) is 0. The quantitative estimate of drug-likeness (QED) is 0.687. The van der Waals surface area contributed by atoms with Gasteiger partial charge in [0.05, 0.1) is 17.2 Å². The van der Waals surface area contributed by atoms with Crippen LogP contribution in [0.25, 0.3) is 0 Å². The minimum atomic E-state index is -0.149. The number of allylic oxidation sites excluding steroid dienone is 1. The number of carbonyl (C=O) groups is 1. The van der Waals surface area contributed by atoms with Gasteiger partial charge in [0.1, 0.15) is 11.5 Å². The van der Waals surface area contributed by atoms with Crippen LogP contribution in [-0.2, 0) is 0 Å². The number of aryl methyl sites for hydroxylation is 2. The van der Waals surface area contributed by atoms with Crippen molar-refractivity contribution in [2.45, 2.75) is 34.1 Å². The molecule has 0 aliphatic carbocycles. The van der Waals surface area contributed by atoms with Crippen molar-refractivity contribution in [2.75, 3.05) is 13.1 Å². The SMILES string of the molecule is Cc1cc(C(=O)N2CC/C(=C\C#Cc3cccc(C#N)c3)C(C)(C)C2)c(C)o1. The summed E-state index contributed by atoms with van der Waals surface area (Å²) in [7, 11) is 0. The highest BCUT2D eigenvalue weighted by molar-refractivity contribution is 5.95. The molecule has 0 atom stereocenters. The summed E-state index contributed by atoms with van der Waals surface area (Å²) in [4.78, 5) is 14.8. The first-order valence-corrected chi connectivity index (χ1v) is 9.38. The van der Waals surface area contributed by atoms with Crippen LogP contribution in [0.1, 0.15) is 53.3 Å². The minimum Gasteiger partial charge on any atom is -0.466 e. The lowest BCUT2D eigenvalue weighted by Crippen LogP contribution is -2.45. The number of furan rings is 1. The van der Waals surface area contributed by atoms with E-state index in [4.69, 9.17) is 9.68 Å². The normalized spacial score (nSPS) is 17.0. The van der Waals surface area contributed by atoms with E-state index in [0.717, 1.165) is 17.7 Å². The second-order valence-electron chi connectivity index (χ2n) is 7.82. The molecule has 1 fully saturated rings. The summed E-state index contributed by atoms with van der Waals surface area (Å²) in [6, 6.07) is 11.2. The molecule has 1 aliphatic rings. The molecule has 1 amide bonds. The van der Waals surface area contributed by atoms with Gasteiger partial charge in [-0.15, -0.1) is 0 Å². The van der Waals surface area contributed by atoms with Gasteiger partial charge in [-0.1, -0.05) is 37.3 Å². The third-order valence-electron chi connectivity index (χ3n) is 5.12. The fourth-order valence-electron chi connectivity index (χ4n) is 3.58. The van der Waals surface area contributed by atoms with Gasteiger partial charge in [0.2, 0.25) is 0 Å². The van der Waals surface area contributed by atoms with Crippen molar-refractivity contribution in [3.05, 3.63) is 70.2 Å². The van der Waals surface area contributed by atoms with Crippen LogP contribution < -0.4 is 0 Å². The summed E-state index contributed by atoms with van der Waals surface area (Å²) in [6.45, 7) is 9.29. The zero-order valence-electron chi connectivity index (χ0n) is 16.8. The van der Waals surface area contributed by atoms with Gasteiger partial charge in [0.15, 0.2) is 0 Å². The van der Waals surface area contributed by atoms with Gasteiger partial charge in [-0.3, -0.25) is 4.79 Å². The maximum atomic E-state index is 12.9. The van der Waals surface area contributed by atoms with Crippen LogP contribution in [0.2, 0.25) is 0 Å². The minimum absolute atomic E-state index is 0.0286. The number of rotatable bonds is 1. The fraction of sp³-hybridized carbons (Fsp3) is 0.333. The van der Waals surface area contributed by atoms with Crippen molar-refractivity contribution in [3.8, 4) is 17.9 Å². The van der Waals surface area contributed by atoms with E-state index in [9.17, 15) is 4.79 Å². The first-order chi connectivity index (χ1) is 13.3. The van der Waals surface area contributed by atoms with Crippen molar-refractivity contribution < 1.29 is 9.21 Å². The van der Waals surface area contributed by atoms with Crippen molar-refractivity contribution in [1.29, 1.82) is 5.26 Å². The van der Waals surface area contributed by atoms with Gasteiger partial charge in [-0.25, -0.2) is 0 Å². The maximum Gasteiger partial charge on any atom is 0.257 e. The molecular formula is C24H24N2O2. The topological polar surface area (TPSA) is 57.2 Å². The summed E-state index contributed by atoms with van der Waals surface area (Å²) >= 11 is 0. The molecule has 0 saturated carbocycles. The van der Waals surface area contributed by atoms with Crippen LogP contribution in [0.15, 0.2) is 46.4 Å². The summed E-state index contributed by atoms with van der Waals surface area (Å²) < 4.78 is 5.51. The van der Waals surface area contributed by atoms with E-state index in [0.29, 0.717) is 30.0 Å². The molecule has 2 aromatic rings. The number of amides is 1. The summed E-state index contributed by atoms with van der Waals surface area (Å²) in [5, 5.41) is 8.98. The zero-order chi connectivity index (χ0) is 20.3. The third kappa shape index (κ3) is 4.18. The molecule has 0 bridgehead atoms. The molecule has 1 saturated heterocycles. The number of benzene rings is 1. The predicted octanol–water partition coefficient (Wildman–Crippen LogP) is 4.62.